The number of imidazole rings is 1. The summed E-state index contributed by atoms with van der Waals surface area (Å²) in [6, 6.07) is 14.5. The van der Waals surface area contributed by atoms with Crippen LogP contribution in [-0.4, -0.2) is 40.3 Å². The molecule has 1 aliphatic rings. The van der Waals surface area contributed by atoms with E-state index in [0.717, 1.165) is 22.8 Å². The first-order valence-electron chi connectivity index (χ1n) is 8.31. The number of halogens is 1. The van der Waals surface area contributed by atoms with Gasteiger partial charge in [0.2, 0.25) is 0 Å². The molecule has 4 rings (SSSR count). The number of carbonyl (C=O) groups excluding carboxylic acids is 2. The monoisotopic (exact) mass is 383 g/mol. The average molecular weight is 384 g/mol. The summed E-state index contributed by atoms with van der Waals surface area (Å²) in [5.41, 5.74) is 2.76. The summed E-state index contributed by atoms with van der Waals surface area (Å²) in [5.74, 6) is 1.05. The number of amides is 2. The zero-order chi connectivity index (χ0) is 18.1. The number of benzene rings is 2. The number of H-pyrrole nitrogens is 1. The molecule has 1 aliphatic heterocycles. The molecule has 0 radical (unpaired) electrons. The van der Waals surface area contributed by atoms with Crippen LogP contribution in [0.4, 0.5) is 0 Å². The van der Waals surface area contributed by atoms with Crippen LogP contribution in [0.2, 0.25) is 0 Å². The lowest BCUT2D eigenvalue weighted by molar-refractivity contribution is 0.0656. The van der Waals surface area contributed by atoms with Gasteiger partial charge < -0.3 is 9.72 Å². The molecule has 0 saturated carbocycles. The van der Waals surface area contributed by atoms with Gasteiger partial charge in [-0.1, -0.05) is 12.1 Å². The Morgan fingerprint density at radius 3 is 2.22 bits per heavy atom. The SMILES string of the molecule is COc1ccc(-c2ncc(CCN3C(=O)c4ccccc4C3=O)[nH]2)cc1.Cl. The lowest BCUT2D eigenvalue weighted by Gasteiger charge is -2.12. The lowest BCUT2D eigenvalue weighted by Crippen LogP contribution is -2.31. The van der Waals surface area contributed by atoms with Crippen LogP contribution in [0.1, 0.15) is 26.4 Å². The summed E-state index contributed by atoms with van der Waals surface area (Å²) in [6.45, 7) is 0.316. The second-order valence-electron chi connectivity index (χ2n) is 6.04. The Morgan fingerprint density at radius 2 is 1.63 bits per heavy atom. The second-order valence-corrected chi connectivity index (χ2v) is 6.04. The van der Waals surface area contributed by atoms with Gasteiger partial charge in [-0.05, 0) is 36.4 Å². The van der Waals surface area contributed by atoms with Gasteiger partial charge in [0, 0.05) is 30.4 Å². The number of aromatic nitrogens is 2. The van der Waals surface area contributed by atoms with E-state index in [9.17, 15) is 9.59 Å². The maximum absolute atomic E-state index is 12.4. The van der Waals surface area contributed by atoms with E-state index < -0.39 is 0 Å². The number of rotatable bonds is 5. The van der Waals surface area contributed by atoms with Crippen LogP contribution >= 0.6 is 12.4 Å². The van der Waals surface area contributed by atoms with Gasteiger partial charge in [-0.2, -0.15) is 0 Å². The number of ether oxygens (including phenoxy) is 1. The van der Waals surface area contributed by atoms with Gasteiger partial charge in [-0.25, -0.2) is 4.98 Å². The lowest BCUT2D eigenvalue weighted by atomic mass is 10.1. The van der Waals surface area contributed by atoms with Crippen molar-refractivity contribution in [2.24, 2.45) is 0 Å². The fourth-order valence-electron chi connectivity index (χ4n) is 3.06. The highest BCUT2D eigenvalue weighted by Gasteiger charge is 2.34. The molecular weight excluding hydrogens is 366 g/mol. The van der Waals surface area contributed by atoms with Crippen LogP contribution in [0.5, 0.6) is 5.75 Å². The van der Waals surface area contributed by atoms with Crippen LogP contribution in [0, 0.1) is 0 Å². The highest BCUT2D eigenvalue weighted by atomic mass is 35.5. The molecule has 6 nitrogen and oxygen atoms in total. The van der Waals surface area contributed by atoms with Crippen molar-refractivity contribution in [1.29, 1.82) is 0 Å². The van der Waals surface area contributed by atoms with Gasteiger partial charge in [-0.15, -0.1) is 12.4 Å². The van der Waals surface area contributed by atoms with Crippen LogP contribution in [0.15, 0.2) is 54.7 Å². The van der Waals surface area contributed by atoms with Crippen molar-refractivity contribution < 1.29 is 14.3 Å². The Hall–Kier alpha value is -3.12. The van der Waals surface area contributed by atoms with Crippen LogP contribution in [-0.2, 0) is 6.42 Å². The molecule has 27 heavy (non-hydrogen) atoms. The van der Waals surface area contributed by atoms with Gasteiger partial charge in [0.1, 0.15) is 11.6 Å². The number of nitrogens with zero attached hydrogens (tertiary/aromatic N) is 2. The van der Waals surface area contributed by atoms with Crippen LogP contribution in [0.3, 0.4) is 0 Å². The van der Waals surface area contributed by atoms with E-state index in [1.165, 1.54) is 4.90 Å². The minimum absolute atomic E-state index is 0. The topological polar surface area (TPSA) is 75.3 Å². The van der Waals surface area contributed by atoms with Crippen molar-refractivity contribution in [1.82, 2.24) is 14.9 Å². The average Bonchev–Trinajstić information content (AvgIpc) is 3.25. The molecule has 0 bridgehead atoms. The molecule has 0 aliphatic carbocycles. The Labute approximate surface area is 162 Å². The van der Waals surface area contributed by atoms with E-state index in [4.69, 9.17) is 4.74 Å². The predicted octanol–water partition coefficient (Wildman–Crippen LogP) is 3.35. The van der Waals surface area contributed by atoms with Gasteiger partial charge in [-0.3, -0.25) is 14.5 Å². The number of methoxy groups -OCH3 is 1. The normalized spacial score (nSPS) is 12.7. The number of nitrogens with one attached hydrogen (secondary N) is 1. The van der Waals surface area contributed by atoms with Crippen LogP contribution in [0.25, 0.3) is 11.4 Å². The number of aromatic amines is 1. The number of imide groups is 1. The molecule has 2 aromatic carbocycles. The van der Waals surface area contributed by atoms with Gasteiger partial charge in [0.15, 0.2) is 0 Å². The van der Waals surface area contributed by atoms with E-state index in [1.807, 2.05) is 24.3 Å². The molecule has 1 N–H and O–H groups in total. The number of carbonyl (C=O) groups is 2. The molecule has 0 unspecified atom stereocenters. The maximum Gasteiger partial charge on any atom is 0.261 e. The first kappa shape index (κ1) is 18.7. The quantitative estimate of drug-likeness (QED) is 0.685. The standard InChI is InChI=1S/C20H17N3O3.ClH/c1-26-15-8-6-13(7-9-15)18-21-12-14(22-18)10-11-23-19(24)16-4-2-3-5-17(16)20(23)25;/h2-9,12H,10-11H2,1H3,(H,21,22);1H. The summed E-state index contributed by atoms with van der Waals surface area (Å²) in [4.78, 5) is 33.7. The second kappa shape index (κ2) is 7.63. The smallest absolute Gasteiger partial charge is 0.261 e. The Bertz CT molecular complexity index is 947. The van der Waals surface area contributed by atoms with Gasteiger partial charge in [0.05, 0.1) is 18.2 Å². The number of hydrogen-bond donors (Lipinski definition) is 1. The van der Waals surface area contributed by atoms with Gasteiger partial charge in [0.25, 0.3) is 11.8 Å². The largest absolute Gasteiger partial charge is 0.497 e. The molecule has 1 aromatic heterocycles. The van der Waals surface area contributed by atoms with E-state index in [-0.39, 0.29) is 24.2 Å². The number of fused-ring (bicyclic) bond motifs is 1. The van der Waals surface area contributed by atoms with E-state index in [2.05, 4.69) is 9.97 Å². The zero-order valence-electron chi connectivity index (χ0n) is 14.6. The first-order chi connectivity index (χ1) is 12.7. The summed E-state index contributed by atoms with van der Waals surface area (Å²) < 4.78 is 5.15. The minimum atomic E-state index is -0.236. The Balaban J connectivity index is 0.00000210. The third-order valence-electron chi connectivity index (χ3n) is 4.47. The van der Waals surface area contributed by atoms with Crippen LogP contribution < -0.4 is 4.74 Å². The highest BCUT2D eigenvalue weighted by Crippen LogP contribution is 2.23. The fraction of sp³-hybridized carbons (Fsp3) is 0.150. The predicted molar refractivity (Wildman–Crippen MR) is 103 cm³/mol. The molecule has 2 amide bonds. The van der Waals surface area contributed by atoms with Crippen molar-refractivity contribution in [3.05, 3.63) is 71.5 Å². The van der Waals surface area contributed by atoms with Crippen molar-refractivity contribution in [3.63, 3.8) is 0 Å². The van der Waals surface area contributed by atoms with E-state index >= 15 is 0 Å². The highest BCUT2D eigenvalue weighted by molar-refractivity contribution is 6.21. The summed E-state index contributed by atoms with van der Waals surface area (Å²) in [6.07, 6.45) is 2.26. The molecule has 0 atom stereocenters. The van der Waals surface area contributed by atoms with E-state index in [0.29, 0.717) is 24.1 Å². The fourth-order valence-corrected chi connectivity index (χ4v) is 3.06. The van der Waals surface area contributed by atoms with Gasteiger partial charge >= 0.3 is 0 Å². The molecule has 3 aromatic rings. The minimum Gasteiger partial charge on any atom is -0.497 e. The molecule has 0 spiro atoms. The van der Waals surface area contributed by atoms with E-state index in [1.54, 1.807) is 37.6 Å². The molecule has 2 heterocycles. The summed E-state index contributed by atoms with van der Waals surface area (Å²) >= 11 is 0. The zero-order valence-corrected chi connectivity index (χ0v) is 15.5. The van der Waals surface area contributed by atoms with Crippen molar-refractivity contribution >= 4 is 24.2 Å². The Morgan fingerprint density at radius 1 is 1.00 bits per heavy atom. The Kier molecular flexibility index (Phi) is 5.28. The van der Waals surface area contributed by atoms with Crippen molar-refractivity contribution in [3.8, 4) is 17.1 Å². The molecule has 0 fully saturated rings. The third kappa shape index (κ3) is 3.44. The molecule has 138 valence electrons. The summed E-state index contributed by atoms with van der Waals surface area (Å²) in [7, 11) is 1.62. The first-order valence-corrected chi connectivity index (χ1v) is 8.31. The summed E-state index contributed by atoms with van der Waals surface area (Å²) in [5, 5.41) is 0. The molecule has 0 saturated heterocycles. The van der Waals surface area contributed by atoms with Crippen molar-refractivity contribution in [2.75, 3.05) is 13.7 Å². The van der Waals surface area contributed by atoms with Crippen molar-refractivity contribution in [2.45, 2.75) is 6.42 Å². The molecule has 7 heteroatoms. The third-order valence-corrected chi connectivity index (χ3v) is 4.47. The number of hydrogen-bond acceptors (Lipinski definition) is 4. The molecular formula is C20H18ClN3O3. The maximum atomic E-state index is 12.4.